The minimum atomic E-state index is 0.427. The standard InChI is InChI=1S/C7H14NO/c1-8-5-3-4-7(6-8)9-2/h7H,1,3-6H2,2H3/q-1/t7-/m1/s1. The summed E-state index contributed by atoms with van der Waals surface area (Å²) in [6.07, 6.45) is 2.85. The fourth-order valence-electron chi connectivity index (χ4n) is 1.21. The molecular weight excluding hydrogens is 114 g/mol. The molecule has 0 aromatic rings. The van der Waals surface area contributed by atoms with E-state index in [9.17, 15) is 0 Å². The summed E-state index contributed by atoms with van der Waals surface area (Å²) >= 11 is 0. The first kappa shape index (κ1) is 7.03. The normalized spacial score (nSPS) is 30.7. The molecule has 0 unspecified atom stereocenters. The number of ether oxygens (including phenoxy) is 1. The fraction of sp³-hybridized carbons (Fsp3) is 0.857. The van der Waals surface area contributed by atoms with Gasteiger partial charge < -0.3 is 9.64 Å². The van der Waals surface area contributed by atoms with E-state index in [1.807, 2.05) is 0 Å². The predicted molar refractivity (Wildman–Crippen MR) is 37.0 cm³/mol. The van der Waals surface area contributed by atoms with Crippen LogP contribution in [0.25, 0.3) is 0 Å². The molecule has 0 aromatic heterocycles. The first-order valence-electron chi connectivity index (χ1n) is 3.41. The third-order valence-electron chi connectivity index (χ3n) is 1.80. The smallest absolute Gasteiger partial charge is 0.0674 e. The fourth-order valence-corrected chi connectivity index (χ4v) is 1.21. The Morgan fingerprint density at radius 3 is 2.89 bits per heavy atom. The number of likely N-dealkylation sites (tertiary alicyclic amines) is 1. The second-order valence-corrected chi connectivity index (χ2v) is 2.58. The van der Waals surface area contributed by atoms with E-state index in [1.54, 1.807) is 7.11 Å². The molecule has 1 aliphatic rings. The van der Waals surface area contributed by atoms with Crippen LogP contribution in [0.15, 0.2) is 0 Å². The highest BCUT2D eigenvalue weighted by molar-refractivity contribution is 4.71. The van der Waals surface area contributed by atoms with Crippen LogP contribution in [-0.2, 0) is 4.74 Å². The molecule has 0 aromatic carbocycles. The van der Waals surface area contributed by atoms with Gasteiger partial charge in [0.2, 0.25) is 0 Å². The van der Waals surface area contributed by atoms with E-state index in [1.165, 1.54) is 12.8 Å². The lowest BCUT2D eigenvalue weighted by atomic mass is 10.1. The van der Waals surface area contributed by atoms with Crippen LogP contribution in [0, 0.1) is 7.05 Å². The molecule has 0 bridgehead atoms. The second kappa shape index (κ2) is 3.18. The van der Waals surface area contributed by atoms with Crippen molar-refractivity contribution in [1.82, 2.24) is 4.90 Å². The molecule has 1 rings (SSSR count). The molecule has 0 spiro atoms. The molecule has 0 aliphatic carbocycles. The van der Waals surface area contributed by atoms with Crippen molar-refractivity contribution in [3.8, 4) is 0 Å². The maximum Gasteiger partial charge on any atom is 0.0674 e. The van der Waals surface area contributed by atoms with Gasteiger partial charge in [0.15, 0.2) is 0 Å². The largest absolute Gasteiger partial charge is 0.457 e. The number of rotatable bonds is 1. The Balaban J connectivity index is 2.23. The Labute approximate surface area is 56.8 Å². The highest BCUT2D eigenvalue weighted by Crippen LogP contribution is 2.10. The number of piperidine rings is 1. The summed E-state index contributed by atoms with van der Waals surface area (Å²) in [6.45, 7) is 2.12. The molecule has 1 fully saturated rings. The molecule has 54 valence electrons. The van der Waals surface area contributed by atoms with Crippen molar-refractivity contribution in [2.45, 2.75) is 18.9 Å². The third-order valence-corrected chi connectivity index (χ3v) is 1.80. The number of hydrogen-bond donors (Lipinski definition) is 0. The van der Waals surface area contributed by atoms with E-state index in [4.69, 9.17) is 4.74 Å². The molecule has 0 saturated carbocycles. The summed E-state index contributed by atoms with van der Waals surface area (Å²) < 4.78 is 5.18. The van der Waals surface area contributed by atoms with Crippen LogP contribution in [0.1, 0.15) is 12.8 Å². The number of methoxy groups -OCH3 is 1. The first-order valence-corrected chi connectivity index (χ1v) is 3.41. The molecule has 1 heterocycles. The van der Waals surface area contributed by atoms with E-state index >= 15 is 0 Å². The summed E-state index contributed by atoms with van der Waals surface area (Å²) in [6, 6.07) is 0. The Bertz CT molecular complexity index is 85.0. The lowest BCUT2D eigenvalue weighted by Crippen LogP contribution is -2.34. The molecule has 2 nitrogen and oxygen atoms in total. The van der Waals surface area contributed by atoms with Crippen molar-refractivity contribution in [3.63, 3.8) is 0 Å². The van der Waals surface area contributed by atoms with E-state index in [-0.39, 0.29) is 0 Å². The predicted octanol–water partition coefficient (Wildman–Crippen LogP) is 0.889. The molecule has 1 saturated heterocycles. The highest BCUT2D eigenvalue weighted by Gasteiger charge is 2.11. The molecule has 0 radical (unpaired) electrons. The van der Waals surface area contributed by atoms with Gasteiger partial charge in [-0.05, 0) is 25.9 Å². The van der Waals surface area contributed by atoms with Crippen molar-refractivity contribution in [2.75, 3.05) is 20.2 Å². The van der Waals surface area contributed by atoms with Crippen LogP contribution >= 0.6 is 0 Å². The van der Waals surface area contributed by atoms with Crippen molar-refractivity contribution < 1.29 is 4.74 Å². The Morgan fingerprint density at radius 1 is 1.67 bits per heavy atom. The topological polar surface area (TPSA) is 12.5 Å². The third kappa shape index (κ3) is 1.95. The van der Waals surface area contributed by atoms with Gasteiger partial charge in [-0.1, -0.05) is 0 Å². The van der Waals surface area contributed by atoms with E-state index in [0.717, 1.165) is 13.1 Å². The van der Waals surface area contributed by atoms with Gasteiger partial charge in [-0.25, -0.2) is 0 Å². The Hall–Kier alpha value is -0.0800. The zero-order valence-corrected chi connectivity index (χ0v) is 5.97. The van der Waals surface area contributed by atoms with Gasteiger partial charge in [-0.15, -0.1) is 0 Å². The summed E-state index contributed by atoms with van der Waals surface area (Å²) in [5.41, 5.74) is 0. The van der Waals surface area contributed by atoms with Crippen LogP contribution in [0.3, 0.4) is 0 Å². The average molecular weight is 128 g/mol. The van der Waals surface area contributed by atoms with Gasteiger partial charge in [-0.2, -0.15) is 0 Å². The van der Waals surface area contributed by atoms with E-state index < -0.39 is 0 Å². The summed E-state index contributed by atoms with van der Waals surface area (Å²) in [7, 11) is 5.62. The molecule has 0 N–H and O–H groups in total. The van der Waals surface area contributed by atoms with Crippen LogP contribution in [0.5, 0.6) is 0 Å². The second-order valence-electron chi connectivity index (χ2n) is 2.58. The maximum atomic E-state index is 5.18. The van der Waals surface area contributed by atoms with Crippen LogP contribution in [-0.4, -0.2) is 31.2 Å². The van der Waals surface area contributed by atoms with Crippen molar-refractivity contribution in [2.24, 2.45) is 0 Å². The van der Waals surface area contributed by atoms with Crippen LogP contribution in [0.2, 0.25) is 0 Å². The van der Waals surface area contributed by atoms with E-state index in [2.05, 4.69) is 11.9 Å². The van der Waals surface area contributed by atoms with Gasteiger partial charge in [0.1, 0.15) is 0 Å². The minimum Gasteiger partial charge on any atom is -0.457 e. The maximum absolute atomic E-state index is 5.18. The van der Waals surface area contributed by atoms with Gasteiger partial charge in [0, 0.05) is 7.11 Å². The summed E-state index contributed by atoms with van der Waals surface area (Å²) in [4.78, 5) is 2.07. The SMILES string of the molecule is [CH2-]N1CCC[C@@H](OC)C1. The lowest BCUT2D eigenvalue weighted by molar-refractivity contribution is 0.0465. The minimum absolute atomic E-state index is 0.427. The zero-order valence-electron chi connectivity index (χ0n) is 5.97. The first-order chi connectivity index (χ1) is 4.33. The Kier molecular flexibility index (Phi) is 2.49. The Morgan fingerprint density at radius 2 is 2.44 bits per heavy atom. The van der Waals surface area contributed by atoms with Crippen molar-refractivity contribution in [1.29, 1.82) is 0 Å². The molecular formula is C7H14NO-. The van der Waals surface area contributed by atoms with Gasteiger partial charge in [0.05, 0.1) is 6.10 Å². The number of nitrogens with zero attached hydrogens (tertiary/aromatic N) is 1. The van der Waals surface area contributed by atoms with Crippen molar-refractivity contribution >= 4 is 0 Å². The number of hydrogen-bond acceptors (Lipinski definition) is 2. The molecule has 1 aliphatic heterocycles. The lowest BCUT2D eigenvalue weighted by Gasteiger charge is -2.34. The average Bonchev–Trinajstić information content (AvgIpc) is 1.88. The van der Waals surface area contributed by atoms with Gasteiger partial charge >= 0.3 is 0 Å². The summed E-state index contributed by atoms with van der Waals surface area (Å²) in [5, 5.41) is 0. The molecule has 0 amide bonds. The van der Waals surface area contributed by atoms with E-state index in [0.29, 0.717) is 6.10 Å². The van der Waals surface area contributed by atoms with Gasteiger partial charge in [0.25, 0.3) is 0 Å². The monoisotopic (exact) mass is 128 g/mol. The molecule has 9 heavy (non-hydrogen) atoms. The highest BCUT2D eigenvalue weighted by atomic mass is 16.5. The zero-order chi connectivity index (χ0) is 6.69. The van der Waals surface area contributed by atoms with Crippen LogP contribution < -0.4 is 0 Å². The molecule has 2 heteroatoms. The quantitative estimate of drug-likeness (QED) is 0.486. The van der Waals surface area contributed by atoms with Crippen LogP contribution in [0.4, 0.5) is 0 Å². The summed E-state index contributed by atoms with van der Waals surface area (Å²) in [5.74, 6) is 0. The van der Waals surface area contributed by atoms with Gasteiger partial charge in [-0.3, -0.25) is 7.05 Å². The van der Waals surface area contributed by atoms with Crippen molar-refractivity contribution in [3.05, 3.63) is 7.05 Å². The molecule has 1 atom stereocenters.